The third kappa shape index (κ3) is 2.93. The Labute approximate surface area is 153 Å². The molecule has 130 valence electrons. The molecule has 3 aliphatic carbocycles. The van der Waals surface area contributed by atoms with Gasteiger partial charge in [-0.2, -0.15) is 5.10 Å². The number of hydrogen-bond donors (Lipinski definition) is 0. The van der Waals surface area contributed by atoms with Gasteiger partial charge in [0.2, 0.25) is 4.80 Å². The number of rotatable bonds is 3. The van der Waals surface area contributed by atoms with E-state index in [-0.39, 0.29) is 0 Å². The quantitative estimate of drug-likeness (QED) is 0.678. The Morgan fingerprint density at radius 1 is 1.28 bits per heavy atom. The van der Waals surface area contributed by atoms with Gasteiger partial charge in [0.25, 0.3) is 0 Å². The minimum atomic E-state index is 0.430. The van der Waals surface area contributed by atoms with Crippen LogP contribution in [0.25, 0.3) is 0 Å². The van der Waals surface area contributed by atoms with E-state index in [1.807, 2.05) is 16.8 Å². The lowest BCUT2D eigenvalue weighted by atomic mass is 9.49. The molecule has 2 bridgehead atoms. The third-order valence-electron chi connectivity index (χ3n) is 5.91. The second-order valence-electron chi connectivity index (χ2n) is 7.91. The summed E-state index contributed by atoms with van der Waals surface area (Å²) in [6.07, 6.45) is 6.96. The van der Waals surface area contributed by atoms with Crippen molar-refractivity contribution in [3.05, 3.63) is 57.4 Å². The van der Waals surface area contributed by atoms with Crippen molar-refractivity contribution in [2.45, 2.75) is 40.5 Å². The second kappa shape index (κ2) is 6.10. The standard InChI is InChI=1S/C21H25N3S/c1-14-6-5-7-18(10-14)23-20-24(15(2)13-25-20)22-12-16-8-9-17-11-19(16)21(17,3)4/h5-8,10,12-13,17,19H,9,11H2,1-4H3. The van der Waals surface area contributed by atoms with Crippen LogP contribution >= 0.6 is 11.3 Å². The van der Waals surface area contributed by atoms with Crippen molar-refractivity contribution in [2.24, 2.45) is 27.3 Å². The largest absolute Gasteiger partial charge is 0.220 e. The van der Waals surface area contributed by atoms with Gasteiger partial charge in [0, 0.05) is 5.38 Å². The van der Waals surface area contributed by atoms with E-state index in [0.29, 0.717) is 11.3 Å². The van der Waals surface area contributed by atoms with Crippen LogP contribution < -0.4 is 4.80 Å². The summed E-state index contributed by atoms with van der Waals surface area (Å²) < 4.78 is 1.96. The van der Waals surface area contributed by atoms with Crippen LogP contribution in [0.2, 0.25) is 0 Å². The maximum atomic E-state index is 4.79. The summed E-state index contributed by atoms with van der Waals surface area (Å²) in [7, 11) is 0. The average Bonchev–Trinajstić information content (AvgIpc) is 2.93. The first kappa shape index (κ1) is 16.5. The molecule has 2 aromatic rings. The van der Waals surface area contributed by atoms with Crippen LogP contribution in [0.15, 0.2) is 51.4 Å². The van der Waals surface area contributed by atoms with E-state index in [1.165, 1.54) is 24.0 Å². The van der Waals surface area contributed by atoms with Crippen molar-refractivity contribution >= 4 is 23.2 Å². The van der Waals surface area contributed by atoms with Gasteiger partial charge in [-0.05, 0) is 67.2 Å². The van der Waals surface area contributed by atoms with E-state index in [0.717, 1.165) is 22.1 Å². The minimum absolute atomic E-state index is 0.430. The molecule has 25 heavy (non-hydrogen) atoms. The highest BCUT2D eigenvalue weighted by Crippen LogP contribution is 2.58. The molecule has 3 nitrogen and oxygen atoms in total. The van der Waals surface area contributed by atoms with Crippen molar-refractivity contribution in [1.29, 1.82) is 0 Å². The fourth-order valence-corrected chi connectivity index (χ4v) is 4.91. The van der Waals surface area contributed by atoms with Crippen LogP contribution in [0.4, 0.5) is 5.69 Å². The van der Waals surface area contributed by atoms with Crippen LogP contribution in [0.1, 0.15) is 37.9 Å². The first-order chi connectivity index (χ1) is 11.9. The van der Waals surface area contributed by atoms with Gasteiger partial charge in [0.15, 0.2) is 0 Å². The molecule has 0 spiro atoms. The lowest BCUT2D eigenvalue weighted by Crippen LogP contribution is -2.48. The normalized spacial score (nSPS) is 25.1. The van der Waals surface area contributed by atoms with Gasteiger partial charge in [-0.1, -0.05) is 32.1 Å². The molecule has 0 N–H and O–H groups in total. The molecule has 0 radical (unpaired) electrons. The highest BCUT2D eigenvalue weighted by atomic mass is 32.1. The molecule has 0 saturated heterocycles. The average molecular weight is 352 g/mol. The minimum Gasteiger partial charge on any atom is -0.220 e. The van der Waals surface area contributed by atoms with Crippen molar-refractivity contribution < 1.29 is 0 Å². The summed E-state index contributed by atoms with van der Waals surface area (Å²) in [5.41, 5.74) is 5.14. The van der Waals surface area contributed by atoms with Gasteiger partial charge >= 0.3 is 0 Å². The van der Waals surface area contributed by atoms with E-state index in [2.05, 4.69) is 57.5 Å². The zero-order valence-corrected chi connectivity index (χ0v) is 16.2. The summed E-state index contributed by atoms with van der Waals surface area (Å²) in [5, 5.41) is 6.90. The Kier molecular flexibility index (Phi) is 4.03. The second-order valence-corrected chi connectivity index (χ2v) is 8.75. The Morgan fingerprint density at radius 2 is 2.12 bits per heavy atom. The van der Waals surface area contributed by atoms with Crippen molar-refractivity contribution in [1.82, 2.24) is 4.68 Å². The molecule has 1 fully saturated rings. The predicted molar refractivity (Wildman–Crippen MR) is 105 cm³/mol. The molecule has 1 saturated carbocycles. The number of hydrogen-bond acceptors (Lipinski definition) is 3. The van der Waals surface area contributed by atoms with Crippen LogP contribution in [-0.2, 0) is 0 Å². The monoisotopic (exact) mass is 351 g/mol. The lowest BCUT2D eigenvalue weighted by Gasteiger charge is -2.55. The van der Waals surface area contributed by atoms with Crippen LogP contribution in [0.5, 0.6) is 0 Å². The summed E-state index contributed by atoms with van der Waals surface area (Å²) >= 11 is 1.64. The van der Waals surface area contributed by atoms with Gasteiger partial charge < -0.3 is 0 Å². The molecule has 1 aromatic carbocycles. The summed E-state index contributed by atoms with van der Waals surface area (Å²) in [6.45, 7) is 8.97. The highest BCUT2D eigenvalue weighted by Gasteiger charge is 2.50. The fraction of sp³-hybridized carbons (Fsp3) is 0.429. The Morgan fingerprint density at radius 3 is 2.84 bits per heavy atom. The maximum absolute atomic E-state index is 4.79. The lowest BCUT2D eigenvalue weighted by molar-refractivity contribution is -0.00127. The Balaban J connectivity index is 1.66. The number of fused-ring (bicyclic) bond motifs is 1. The van der Waals surface area contributed by atoms with Gasteiger partial charge in [0.1, 0.15) is 0 Å². The highest BCUT2D eigenvalue weighted by molar-refractivity contribution is 7.07. The zero-order chi connectivity index (χ0) is 17.6. The smallest absolute Gasteiger partial charge is 0.211 e. The van der Waals surface area contributed by atoms with Crippen molar-refractivity contribution in [2.75, 3.05) is 0 Å². The maximum Gasteiger partial charge on any atom is 0.211 e. The van der Waals surface area contributed by atoms with Gasteiger partial charge in [0.05, 0.1) is 17.6 Å². The first-order valence-corrected chi connectivity index (χ1v) is 9.86. The molecule has 5 rings (SSSR count). The summed E-state index contributed by atoms with van der Waals surface area (Å²) in [6, 6.07) is 8.28. The van der Waals surface area contributed by atoms with Gasteiger partial charge in [-0.25, -0.2) is 9.67 Å². The molecule has 2 atom stereocenters. The van der Waals surface area contributed by atoms with E-state index in [9.17, 15) is 0 Å². The van der Waals surface area contributed by atoms with E-state index >= 15 is 0 Å². The van der Waals surface area contributed by atoms with Crippen LogP contribution in [0.3, 0.4) is 0 Å². The number of nitrogens with zero attached hydrogens (tertiary/aromatic N) is 3. The van der Waals surface area contributed by atoms with Crippen molar-refractivity contribution in [3.8, 4) is 0 Å². The molecule has 3 aliphatic rings. The Bertz CT molecular complexity index is 927. The number of allylic oxidation sites excluding steroid dienone is 2. The third-order valence-corrected chi connectivity index (χ3v) is 6.84. The number of aryl methyl sites for hydroxylation is 2. The first-order valence-electron chi connectivity index (χ1n) is 8.98. The van der Waals surface area contributed by atoms with E-state index < -0.39 is 0 Å². The van der Waals surface area contributed by atoms with E-state index in [4.69, 9.17) is 10.1 Å². The molecule has 0 amide bonds. The predicted octanol–water partition coefficient (Wildman–Crippen LogP) is 5.23. The van der Waals surface area contributed by atoms with Gasteiger partial charge in [-0.15, -0.1) is 11.3 Å². The van der Waals surface area contributed by atoms with E-state index in [1.54, 1.807) is 11.3 Å². The molecule has 2 unspecified atom stereocenters. The Hall–Kier alpha value is -1.94. The molecule has 1 heterocycles. The molecular formula is C21H25N3S. The van der Waals surface area contributed by atoms with Gasteiger partial charge in [-0.3, -0.25) is 0 Å². The number of aromatic nitrogens is 1. The SMILES string of the molecule is Cc1cccc(N=c2scc(C)n2N=CC2=CCC3CC2C3(C)C)c1. The fourth-order valence-electron chi connectivity index (χ4n) is 4.08. The summed E-state index contributed by atoms with van der Waals surface area (Å²) in [4.78, 5) is 5.71. The van der Waals surface area contributed by atoms with Crippen LogP contribution in [0, 0.1) is 31.1 Å². The number of benzene rings is 1. The zero-order valence-electron chi connectivity index (χ0n) is 15.4. The van der Waals surface area contributed by atoms with Crippen LogP contribution in [-0.4, -0.2) is 10.9 Å². The molecular weight excluding hydrogens is 326 g/mol. The molecule has 0 aliphatic heterocycles. The molecule has 4 heteroatoms. The molecule has 1 aromatic heterocycles. The topological polar surface area (TPSA) is 29.6 Å². The summed E-state index contributed by atoms with van der Waals surface area (Å²) in [5.74, 6) is 1.52. The van der Waals surface area contributed by atoms with Crippen molar-refractivity contribution in [3.63, 3.8) is 0 Å². The number of thiazole rings is 1.